The highest BCUT2D eigenvalue weighted by atomic mass is 19.4. The summed E-state index contributed by atoms with van der Waals surface area (Å²) in [4.78, 5) is 10.7. The second-order valence-corrected chi connectivity index (χ2v) is 2.99. The van der Waals surface area contributed by atoms with E-state index in [1.165, 1.54) is 0 Å². The Morgan fingerprint density at radius 2 is 1.61 bits per heavy atom. The first-order valence-corrected chi connectivity index (χ1v) is 4.18. The van der Waals surface area contributed by atoms with Gasteiger partial charge in [-0.05, 0) is 12.1 Å². The second-order valence-electron chi connectivity index (χ2n) is 2.99. The van der Waals surface area contributed by atoms with Gasteiger partial charge in [-0.1, -0.05) is 6.07 Å². The lowest BCUT2D eigenvalue weighted by Crippen LogP contribution is -2.25. The number of halogens is 7. The van der Waals surface area contributed by atoms with Gasteiger partial charge >= 0.3 is 12.5 Å². The molecule has 0 atom stereocenters. The molecule has 100 valence electrons. The van der Waals surface area contributed by atoms with E-state index < -0.39 is 35.5 Å². The molecule has 0 amide bonds. The van der Waals surface area contributed by atoms with Gasteiger partial charge in [-0.3, -0.25) is 4.79 Å². The maximum absolute atomic E-state index is 13.2. The van der Waals surface area contributed by atoms with Gasteiger partial charge in [0.2, 0.25) is 0 Å². The lowest BCUT2D eigenvalue weighted by atomic mass is 10.1. The summed E-state index contributed by atoms with van der Waals surface area (Å²) >= 11 is 0. The summed E-state index contributed by atoms with van der Waals surface area (Å²) in [6.07, 6.45) is -10.7. The first-order chi connectivity index (χ1) is 8.02. The fourth-order valence-electron chi connectivity index (χ4n) is 1.04. The number of ether oxygens (including phenoxy) is 1. The molecular formula is C9H3F7O2. The van der Waals surface area contributed by atoms with Gasteiger partial charge in [-0.25, -0.2) is 4.39 Å². The van der Waals surface area contributed by atoms with Gasteiger partial charge < -0.3 is 4.74 Å². The molecule has 0 aromatic heterocycles. The summed E-state index contributed by atoms with van der Waals surface area (Å²) in [6.45, 7) is 0. The van der Waals surface area contributed by atoms with Crippen LogP contribution in [0.15, 0.2) is 18.2 Å². The van der Waals surface area contributed by atoms with E-state index in [4.69, 9.17) is 0 Å². The lowest BCUT2D eigenvalue weighted by molar-refractivity contribution is -0.275. The predicted octanol–water partition coefficient (Wildman–Crippen LogP) is 3.47. The van der Waals surface area contributed by atoms with Crippen molar-refractivity contribution in [1.29, 1.82) is 0 Å². The van der Waals surface area contributed by atoms with Gasteiger partial charge in [-0.2, -0.15) is 13.2 Å². The minimum Gasteiger partial charge on any atom is -0.403 e. The summed E-state index contributed by atoms with van der Waals surface area (Å²) in [5, 5.41) is 0. The van der Waals surface area contributed by atoms with Crippen LogP contribution in [0.4, 0.5) is 30.7 Å². The number of ketones is 1. The predicted molar refractivity (Wildman–Crippen MR) is 43.5 cm³/mol. The molecule has 0 aliphatic heterocycles. The Bertz CT molecular complexity index is 461. The van der Waals surface area contributed by atoms with Crippen LogP contribution in [0, 0.1) is 5.82 Å². The SMILES string of the molecule is O=C(c1cccc(OC(F)(F)F)c1F)C(F)(F)F. The molecular weight excluding hydrogens is 273 g/mol. The molecule has 0 spiro atoms. The molecule has 0 radical (unpaired) electrons. The van der Waals surface area contributed by atoms with Gasteiger partial charge in [0.25, 0.3) is 5.78 Å². The number of alkyl halides is 6. The molecule has 9 heteroatoms. The summed E-state index contributed by atoms with van der Waals surface area (Å²) in [5.74, 6) is -6.11. The van der Waals surface area contributed by atoms with Gasteiger partial charge in [0.1, 0.15) is 0 Å². The van der Waals surface area contributed by atoms with E-state index in [0.717, 1.165) is 0 Å². The summed E-state index contributed by atoms with van der Waals surface area (Å²) in [7, 11) is 0. The zero-order valence-corrected chi connectivity index (χ0v) is 8.19. The molecule has 0 saturated carbocycles. The number of benzene rings is 1. The number of rotatable bonds is 2. The molecule has 0 aliphatic rings. The van der Waals surface area contributed by atoms with Crippen molar-refractivity contribution < 1.29 is 40.3 Å². The zero-order chi connectivity index (χ0) is 14.1. The molecule has 0 heterocycles. The minimum absolute atomic E-state index is 0.411. The fraction of sp³-hybridized carbons (Fsp3) is 0.222. The van der Waals surface area contributed by atoms with Gasteiger partial charge in [0, 0.05) is 0 Å². The van der Waals surface area contributed by atoms with E-state index in [2.05, 4.69) is 4.74 Å². The van der Waals surface area contributed by atoms with E-state index >= 15 is 0 Å². The normalized spacial score (nSPS) is 12.4. The quantitative estimate of drug-likeness (QED) is 0.610. The van der Waals surface area contributed by atoms with E-state index in [9.17, 15) is 35.5 Å². The van der Waals surface area contributed by atoms with Crippen molar-refractivity contribution in [3.05, 3.63) is 29.6 Å². The second kappa shape index (κ2) is 4.46. The van der Waals surface area contributed by atoms with Crippen molar-refractivity contribution in [1.82, 2.24) is 0 Å². The standard InChI is InChI=1S/C9H3F7O2/c10-6-4(7(17)8(11,12)13)2-1-3-5(6)18-9(14,15)16/h1-3H. The zero-order valence-electron chi connectivity index (χ0n) is 8.19. The smallest absolute Gasteiger partial charge is 0.403 e. The number of hydrogen-bond donors (Lipinski definition) is 0. The highest BCUT2D eigenvalue weighted by molar-refractivity contribution is 6.00. The maximum Gasteiger partial charge on any atom is 0.573 e. The van der Waals surface area contributed by atoms with E-state index in [1.54, 1.807) is 0 Å². The highest BCUT2D eigenvalue weighted by Crippen LogP contribution is 2.30. The van der Waals surface area contributed by atoms with E-state index in [1.807, 2.05) is 0 Å². The number of Topliss-reactive ketones (excluding diaryl/α,β-unsaturated/α-hetero) is 1. The van der Waals surface area contributed by atoms with E-state index in [0.29, 0.717) is 18.2 Å². The van der Waals surface area contributed by atoms with Gasteiger partial charge in [0.05, 0.1) is 5.56 Å². The third-order valence-electron chi connectivity index (χ3n) is 1.69. The Kier molecular flexibility index (Phi) is 3.54. The molecule has 18 heavy (non-hydrogen) atoms. The van der Waals surface area contributed by atoms with Gasteiger partial charge in [-0.15, -0.1) is 13.2 Å². The molecule has 0 N–H and O–H groups in total. The van der Waals surface area contributed by atoms with E-state index in [-0.39, 0.29) is 0 Å². The molecule has 0 aliphatic carbocycles. The number of carbonyl (C=O) groups excluding carboxylic acids is 1. The van der Waals surface area contributed by atoms with Crippen LogP contribution < -0.4 is 4.74 Å². The highest BCUT2D eigenvalue weighted by Gasteiger charge is 2.42. The molecule has 0 saturated heterocycles. The van der Waals surface area contributed by atoms with Crippen LogP contribution in [0.3, 0.4) is 0 Å². The monoisotopic (exact) mass is 276 g/mol. The van der Waals surface area contributed by atoms with Crippen LogP contribution in [0.25, 0.3) is 0 Å². The molecule has 0 fully saturated rings. The molecule has 1 aromatic carbocycles. The van der Waals surface area contributed by atoms with Crippen LogP contribution >= 0.6 is 0 Å². The number of carbonyl (C=O) groups is 1. The Balaban J connectivity index is 3.18. The Hall–Kier alpha value is -1.80. The molecule has 0 unspecified atom stereocenters. The average Bonchev–Trinajstić information content (AvgIpc) is 2.17. The third kappa shape index (κ3) is 3.34. The molecule has 0 bridgehead atoms. The molecule has 2 nitrogen and oxygen atoms in total. The largest absolute Gasteiger partial charge is 0.573 e. The van der Waals surface area contributed by atoms with Crippen molar-refractivity contribution in [2.24, 2.45) is 0 Å². The van der Waals surface area contributed by atoms with Gasteiger partial charge in [0.15, 0.2) is 11.6 Å². The Labute approximate surface area is 95.0 Å². The van der Waals surface area contributed by atoms with Crippen molar-refractivity contribution in [3.8, 4) is 5.75 Å². The first kappa shape index (κ1) is 14.3. The van der Waals surface area contributed by atoms with Crippen LogP contribution in [0.5, 0.6) is 5.75 Å². The van der Waals surface area contributed by atoms with Crippen LogP contribution in [0.1, 0.15) is 10.4 Å². The summed E-state index contributed by atoms with van der Waals surface area (Å²) in [5.41, 5.74) is -1.54. The number of hydrogen-bond acceptors (Lipinski definition) is 2. The topological polar surface area (TPSA) is 26.3 Å². The van der Waals surface area contributed by atoms with Crippen LogP contribution in [-0.2, 0) is 0 Å². The maximum atomic E-state index is 13.2. The van der Waals surface area contributed by atoms with Crippen molar-refractivity contribution in [2.75, 3.05) is 0 Å². The summed E-state index contributed by atoms with van der Waals surface area (Å²) in [6, 6.07) is 1.51. The van der Waals surface area contributed by atoms with Crippen LogP contribution in [-0.4, -0.2) is 18.3 Å². The Morgan fingerprint density at radius 1 is 1.06 bits per heavy atom. The van der Waals surface area contributed by atoms with Crippen molar-refractivity contribution in [3.63, 3.8) is 0 Å². The molecule has 1 aromatic rings. The fourth-order valence-corrected chi connectivity index (χ4v) is 1.04. The first-order valence-electron chi connectivity index (χ1n) is 4.18. The minimum atomic E-state index is -5.39. The van der Waals surface area contributed by atoms with Crippen LogP contribution in [0.2, 0.25) is 0 Å². The summed E-state index contributed by atoms with van der Waals surface area (Å²) < 4.78 is 87.8. The molecule has 1 rings (SSSR count). The third-order valence-corrected chi connectivity index (χ3v) is 1.69. The average molecular weight is 276 g/mol. The van der Waals surface area contributed by atoms with Crippen molar-refractivity contribution >= 4 is 5.78 Å². The lowest BCUT2D eigenvalue weighted by Gasteiger charge is -2.12. The Morgan fingerprint density at radius 3 is 2.06 bits per heavy atom. The van der Waals surface area contributed by atoms with Crippen molar-refractivity contribution in [2.45, 2.75) is 12.5 Å².